The lowest BCUT2D eigenvalue weighted by atomic mass is 9.94. The number of aromatic amines is 3. The van der Waals surface area contributed by atoms with Gasteiger partial charge in [-0.25, -0.2) is 27.6 Å². The second-order valence-corrected chi connectivity index (χ2v) is 22.7. The molecule has 3 N–H and O–H groups in total. The number of halogens is 3. The molecule has 0 unspecified atom stereocenters. The number of fused-ring (bicyclic) bond motifs is 3. The highest BCUT2D eigenvalue weighted by atomic mass is 19.1. The highest BCUT2D eigenvalue weighted by molar-refractivity contribution is 5.96. The first-order valence-electron chi connectivity index (χ1n) is 29.8. The monoisotopic (exact) mass is 1230 g/mol. The smallest absolute Gasteiger partial charge is 0.410 e. The third-order valence-corrected chi connectivity index (χ3v) is 16.7. The van der Waals surface area contributed by atoms with Crippen LogP contribution >= 0.6 is 0 Å². The van der Waals surface area contributed by atoms with Crippen molar-refractivity contribution in [1.29, 1.82) is 0 Å². The van der Waals surface area contributed by atoms with Crippen LogP contribution in [0.25, 0.3) is 44.1 Å². The van der Waals surface area contributed by atoms with Crippen molar-refractivity contribution in [1.82, 2.24) is 29.7 Å². The lowest BCUT2D eigenvalue weighted by Crippen LogP contribution is -2.43. The maximum atomic E-state index is 14.9. The van der Waals surface area contributed by atoms with Gasteiger partial charge in [-0.3, -0.25) is 14.4 Å². The van der Waals surface area contributed by atoms with Crippen LogP contribution < -0.4 is 0 Å². The Labute approximate surface area is 516 Å². The van der Waals surface area contributed by atoms with E-state index in [0.29, 0.717) is 82.1 Å². The van der Waals surface area contributed by atoms with Gasteiger partial charge in [-0.1, -0.05) is 91.0 Å². The molecule has 0 spiro atoms. The van der Waals surface area contributed by atoms with Crippen LogP contribution in [0.3, 0.4) is 0 Å². The number of aromatic nitrogens is 3. The van der Waals surface area contributed by atoms with E-state index in [1.807, 2.05) is 91.0 Å². The Balaban J connectivity index is 0.000000232. The zero-order valence-corrected chi connectivity index (χ0v) is 49.8. The van der Waals surface area contributed by atoms with Gasteiger partial charge in [0.2, 0.25) is 0 Å². The van der Waals surface area contributed by atoms with Crippen LogP contribution in [-0.4, -0.2) is 122 Å². The van der Waals surface area contributed by atoms with Gasteiger partial charge in [-0.2, -0.15) is 0 Å². The molecular formula is C69H67F3N6O12. The minimum Gasteiger partial charge on any atom is -0.460 e. The van der Waals surface area contributed by atoms with Crippen molar-refractivity contribution >= 4 is 68.9 Å². The molecule has 0 aliphatic carbocycles. The maximum absolute atomic E-state index is 14.9. The van der Waals surface area contributed by atoms with Gasteiger partial charge in [-0.05, 0) is 107 Å². The number of benzene rings is 6. The van der Waals surface area contributed by atoms with Gasteiger partial charge in [0, 0.05) is 98.6 Å². The van der Waals surface area contributed by atoms with Gasteiger partial charge in [0.05, 0.1) is 29.5 Å². The highest BCUT2D eigenvalue weighted by Gasteiger charge is 2.44. The molecule has 466 valence electrons. The Morgan fingerprint density at radius 1 is 0.433 bits per heavy atom. The zero-order valence-electron chi connectivity index (χ0n) is 49.8. The number of likely N-dealkylation sites (tertiary alicyclic amines) is 3. The molecule has 3 aliphatic rings. The summed E-state index contributed by atoms with van der Waals surface area (Å²) in [5, 5.41) is 2.18. The number of H-pyrrole nitrogens is 3. The number of nitrogens with one attached hydrogen (secondary N) is 3. The van der Waals surface area contributed by atoms with Crippen molar-refractivity contribution in [2.45, 2.75) is 116 Å². The zero-order chi connectivity index (χ0) is 63.0. The number of amides is 3. The highest BCUT2D eigenvalue weighted by Crippen LogP contribution is 2.41. The van der Waals surface area contributed by atoms with Crippen molar-refractivity contribution in [2.24, 2.45) is 0 Å². The van der Waals surface area contributed by atoms with E-state index in [2.05, 4.69) is 15.0 Å². The van der Waals surface area contributed by atoms with Crippen molar-refractivity contribution < 1.29 is 70.4 Å². The second kappa shape index (κ2) is 27.6. The molecule has 6 aromatic carbocycles. The van der Waals surface area contributed by atoms with Gasteiger partial charge in [-0.15, -0.1) is 0 Å². The second-order valence-electron chi connectivity index (χ2n) is 22.7. The van der Waals surface area contributed by atoms with E-state index < -0.39 is 72.2 Å². The molecule has 90 heavy (non-hydrogen) atoms. The van der Waals surface area contributed by atoms with Crippen molar-refractivity contribution in [3.8, 4) is 11.4 Å². The maximum Gasteiger partial charge on any atom is 0.410 e. The lowest BCUT2D eigenvalue weighted by molar-refractivity contribution is -0.148. The predicted molar refractivity (Wildman–Crippen MR) is 327 cm³/mol. The molecule has 3 aliphatic heterocycles. The summed E-state index contributed by atoms with van der Waals surface area (Å²) in [7, 11) is 0. The van der Waals surface area contributed by atoms with E-state index in [1.54, 1.807) is 39.1 Å². The Morgan fingerprint density at radius 3 is 1.12 bits per heavy atom. The van der Waals surface area contributed by atoms with Crippen LogP contribution in [0, 0.1) is 17.5 Å². The third kappa shape index (κ3) is 14.3. The normalized spacial score (nSPS) is 18.8. The number of ether oxygens (including phenoxy) is 6. The van der Waals surface area contributed by atoms with Gasteiger partial charge in [0.25, 0.3) is 0 Å². The summed E-state index contributed by atoms with van der Waals surface area (Å²) in [6.07, 6.45) is 0.467. The van der Waals surface area contributed by atoms with Crippen LogP contribution in [0.5, 0.6) is 0 Å². The molecule has 0 saturated carbocycles. The van der Waals surface area contributed by atoms with Gasteiger partial charge in [0.1, 0.15) is 55.6 Å². The SMILES string of the molecule is CC(=O)O[C@H]1CCN(C(=O)OCc2ccccc2)[C@@H]1Cc1c(-c2[nH]c3cc(F)ccc3c2C[C@@H]2[C@@H](OC(C)=O)CCN2C(=O)OCc2ccccc2)[nH]c2cc(F)ccc12.CC(=O)O[C@H]1CCN(C(=O)OCc2ccccc2)[C@@H]1Cc1c[nH]c2cc(F)ccc12. The number of carbonyl (C=O) groups excluding carboxylic acids is 6. The minimum absolute atomic E-state index is 0.0417. The molecule has 18 nitrogen and oxygen atoms in total. The van der Waals surface area contributed by atoms with Gasteiger partial charge >= 0.3 is 36.2 Å². The molecule has 3 amide bonds. The minimum atomic E-state index is -0.681. The predicted octanol–water partition coefficient (Wildman–Crippen LogP) is 12.6. The molecule has 3 fully saturated rings. The summed E-state index contributed by atoms with van der Waals surface area (Å²) in [6, 6.07) is 39.6. The molecule has 21 heteroatoms. The summed E-state index contributed by atoms with van der Waals surface area (Å²) < 4.78 is 77.4. The van der Waals surface area contributed by atoms with Crippen molar-refractivity contribution in [3.05, 3.63) is 203 Å². The van der Waals surface area contributed by atoms with E-state index >= 15 is 0 Å². The number of hydrogen-bond acceptors (Lipinski definition) is 12. The number of carbonyl (C=O) groups is 6. The van der Waals surface area contributed by atoms with Crippen LogP contribution in [-0.2, 0) is 81.9 Å². The van der Waals surface area contributed by atoms with E-state index in [9.17, 15) is 41.9 Å². The van der Waals surface area contributed by atoms with Gasteiger partial charge in [0.15, 0.2) is 0 Å². The number of esters is 3. The van der Waals surface area contributed by atoms with E-state index in [0.717, 1.165) is 27.6 Å². The van der Waals surface area contributed by atoms with Crippen LogP contribution in [0.4, 0.5) is 27.6 Å². The van der Waals surface area contributed by atoms with Crippen LogP contribution in [0.15, 0.2) is 152 Å². The topological polar surface area (TPSA) is 215 Å². The molecule has 3 saturated heterocycles. The molecule has 9 aromatic rings. The van der Waals surface area contributed by atoms with Crippen molar-refractivity contribution in [3.63, 3.8) is 0 Å². The molecular weight excluding hydrogens is 1160 g/mol. The van der Waals surface area contributed by atoms with E-state index in [1.165, 1.54) is 57.2 Å². The molecule has 0 bridgehead atoms. The first-order valence-corrected chi connectivity index (χ1v) is 29.8. The summed E-state index contributed by atoms with van der Waals surface area (Å²) in [5.74, 6) is -2.67. The average molecular weight is 1230 g/mol. The number of nitrogens with zero attached hydrogens (tertiary/aromatic N) is 3. The Hall–Kier alpha value is -10.1. The fraction of sp³-hybridized carbons (Fsp3) is 0.304. The van der Waals surface area contributed by atoms with E-state index in [-0.39, 0.29) is 63.6 Å². The Kier molecular flexibility index (Phi) is 18.9. The standard InChI is InChI=1S/C46H44F2N4O8.C23H23FN2O4/c1-27(53)59-41-17-19-51(45(55)57-25-29-9-5-3-6-10-29)39(41)23-35-33-15-13-31(47)21-37(33)49-43(35)44-36(34-16-14-32(48)22-38(34)50-44)24-40-42(60-28(2)54)18-20-52(40)46(56)58-26-30-11-7-4-8-12-30;1-15(27)30-22-9-10-26(23(28)29-14-16-5-3-2-4-6-16)21(22)11-17-13-25-20-12-18(24)7-8-19(17)20/h3-16,21-22,39-42,49-50H,17-20,23-26H2,1-2H3;2-8,12-13,21-22,25H,9-11,14H2,1H3/t39-,40-,41+,42+;21-,22+/m11/s1. The summed E-state index contributed by atoms with van der Waals surface area (Å²) >= 11 is 0. The first-order chi connectivity index (χ1) is 43.5. The quantitative estimate of drug-likeness (QED) is 0.0608. The number of hydrogen-bond donors (Lipinski definition) is 3. The molecule has 3 aromatic heterocycles. The van der Waals surface area contributed by atoms with Crippen LogP contribution in [0.1, 0.15) is 73.4 Å². The number of rotatable bonds is 16. The summed E-state index contributed by atoms with van der Waals surface area (Å²) in [4.78, 5) is 91.3. The third-order valence-electron chi connectivity index (χ3n) is 16.7. The Morgan fingerprint density at radius 2 is 0.767 bits per heavy atom. The lowest BCUT2D eigenvalue weighted by Gasteiger charge is -2.28. The molecule has 6 atom stereocenters. The van der Waals surface area contributed by atoms with Crippen molar-refractivity contribution in [2.75, 3.05) is 19.6 Å². The van der Waals surface area contributed by atoms with Crippen LogP contribution in [0.2, 0.25) is 0 Å². The summed E-state index contributed by atoms with van der Waals surface area (Å²) in [5.41, 5.74) is 7.43. The fourth-order valence-electron chi connectivity index (χ4n) is 12.6. The average Bonchev–Trinajstić information content (AvgIpc) is 1.61. The first kappa shape index (κ1) is 61.6. The van der Waals surface area contributed by atoms with E-state index in [4.69, 9.17) is 28.4 Å². The fourth-order valence-corrected chi connectivity index (χ4v) is 12.6. The van der Waals surface area contributed by atoms with Gasteiger partial charge < -0.3 is 58.1 Å². The molecule has 12 rings (SSSR count). The molecule has 6 heterocycles. The Bertz CT molecular complexity index is 3890. The largest absolute Gasteiger partial charge is 0.460 e. The molecule has 0 radical (unpaired) electrons. The summed E-state index contributed by atoms with van der Waals surface area (Å²) in [6.45, 7) is 5.21.